The van der Waals surface area contributed by atoms with E-state index in [1.807, 2.05) is 0 Å². The maximum absolute atomic E-state index is 14.0. The highest BCUT2D eigenvalue weighted by atomic mass is 35.5. The molecule has 13 heteroatoms. The molecule has 0 aliphatic rings. The Balaban J connectivity index is 2.11. The minimum atomic E-state index is -4.87. The van der Waals surface area contributed by atoms with Crippen molar-refractivity contribution >= 4 is 50.7 Å². The zero-order valence-electron chi connectivity index (χ0n) is 23.0. The first-order chi connectivity index (χ1) is 19.6. The molecule has 7 nitrogen and oxygen atoms in total. The third-order valence-electron chi connectivity index (χ3n) is 6.22. The number of hydrogen-bond acceptors (Lipinski definition) is 4. The fraction of sp³-hybridized carbons (Fsp3) is 0.310. The molecule has 1 unspecified atom stereocenters. The highest BCUT2D eigenvalue weighted by Crippen LogP contribution is 2.37. The third-order valence-corrected chi connectivity index (χ3v) is 8.06. The van der Waals surface area contributed by atoms with Crippen LogP contribution in [0.25, 0.3) is 0 Å². The minimum Gasteiger partial charge on any atom is -0.352 e. The van der Waals surface area contributed by atoms with Crippen LogP contribution in [0, 0.1) is 0 Å². The van der Waals surface area contributed by atoms with Crippen molar-refractivity contribution in [3.63, 3.8) is 0 Å². The second kappa shape index (κ2) is 13.8. The highest BCUT2D eigenvalue weighted by molar-refractivity contribution is 7.92. The standard InChI is InChI=1S/C29H30Cl2F3N3O4S/c1-19(2)35-28(39)26(15-20-9-5-4-6-10-20)36(17-21-11-7-8-12-24(21)30)27(38)18-37(42(3,40)41)22-13-14-25(31)23(16-22)29(32,33)34/h4-14,16,19,26H,15,17-18H2,1-3H3,(H,35,39). The summed E-state index contributed by atoms with van der Waals surface area (Å²) in [6.07, 6.45) is -4.02. The number of nitrogens with one attached hydrogen (secondary N) is 1. The highest BCUT2D eigenvalue weighted by Gasteiger charge is 2.36. The van der Waals surface area contributed by atoms with Crippen LogP contribution in [0.15, 0.2) is 72.8 Å². The van der Waals surface area contributed by atoms with Gasteiger partial charge in [-0.15, -0.1) is 0 Å². The monoisotopic (exact) mass is 643 g/mol. The average molecular weight is 645 g/mol. The van der Waals surface area contributed by atoms with Crippen molar-refractivity contribution in [1.82, 2.24) is 10.2 Å². The quantitative estimate of drug-likeness (QED) is 0.280. The van der Waals surface area contributed by atoms with Crippen LogP contribution in [0.3, 0.4) is 0 Å². The number of amides is 2. The van der Waals surface area contributed by atoms with Gasteiger partial charge in [0, 0.05) is 24.0 Å². The van der Waals surface area contributed by atoms with Crippen LogP contribution in [0.4, 0.5) is 18.9 Å². The fourth-order valence-electron chi connectivity index (χ4n) is 4.24. The summed E-state index contributed by atoms with van der Waals surface area (Å²) in [5.74, 6) is -1.32. The van der Waals surface area contributed by atoms with Crippen LogP contribution < -0.4 is 9.62 Å². The summed E-state index contributed by atoms with van der Waals surface area (Å²) >= 11 is 12.1. The molecule has 3 rings (SSSR count). The van der Waals surface area contributed by atoms with Crippen molar-refractivity contribution in [2.75, 3.05) is 17.1 Å². The number of halogens is 5. The molecule has 0 heterocycles. The van der Waals surface area contributed by atoms with E-state index >= 15 is 0 Å². The Labute approximate surface area is 253 Å². The van der Waals surface area contributed by atoms with Crippen LogP contribution in [0.1, 0.15) is 30.5 Å². The lowest BCUT2D eigenvalue weighted by atomic mass is 10.0. The van der Waals surface area contributed by atoms with E-state index in [0.717, 1.165) is 24.0 Å². The van der Waals surface area contributed by atoms with E-state index in [1.165, 1.54) is 4.90 Å². The van der Waals surface area contributed by atoms with E-state index in [9.17, 15) is 31.2 Å². The Morgan fingerprint density at radius 2 is 1.55 bits per heavy atom. The molecule has 3 aromatic rings. The van der Waals surface area contributed by atoms with Crippen molar-refractivity contribution in [1.29, 1.82) is 0 Å². The van der Waals surface area contributed by atoms with Crippen LogP contribution in [0.2, 0.25) is 10.0 Å². The number of nitrogens with zero attached hydrogens (tertiary/aromatic N) is 2. The van der Waals surface area contributed by atoms with Gasteiger partial charge in [0.2, 0.25) is 21.8 Å². The van der Waals surface area contributed by atoms with E-state index in [0.29, 0.717) is 21.0 Å². The Morgan fingerprint density at radius 1 is 0.929 bits per heavy atom. The van der Waals surface area contributed by atoms with E-state index in [1.54, 1.807) is 68.4 Å². The molecule has 0 bridgehead atoms. The van der Waals surface area contributed by atoms with Crippen molar-refractivity contribution in [3.8, 4) is 0 Å². The van der Waals surface area contributed by atoms with Gasteiger partial charge in [-0.05, 0) is 49.2 Å². The SMILES string of the molecule is CC(C)NC(=O)C(Cc1ccccc1)N(Cc1ccccc1Cl)C(=O)CN(c1ccc(Cl)c(C(F)(F)F)c1)S(C)(=O)=O. The van der Waals surface area contributed by atoms with E-state index < -0.39 is 56.9 Å². The summed E-state index contributed by atoms with van der Waals surface area (Å²) in [6, 6.07) is 16.7. The molecule has 0 radical (unpaired) electrons. The summed E-state index contributed by atoms with van der Waals surface area (Å²) in [5, 5.41) is 2.49. The average Bonchev–Trinajstić information content (AvgIpc) is 2.89. The van der Waals surface area contributed by atoms with Crippen LogP contribution in [0.5, 0.6) is 0 Å². The zero-order chi connectivity index (χ0) is 31.2. The first kappa shape index (κ1) is 33.2. The molecule has 0 spiro atoms. The lowest BCUT2D eigenvalue weighted by Gasteiger charge is -2.34. The molecule has 0 fully saturated rings. The molecule has 226 valence electrons. The van der Waals surface area contributed by atoms with Gasteiger partial charge in [0.05, 0.1) is 22.5 Å². The summed E-state index contributed by atoms with van der Waals surface area (Å²) in [7, 11) is -4.28. The van der Waals surface area contributed by atoms with E-state index in [2.05, 4.69) is 5.32 Å². The van der Waals surface area contributed by atoms with Gasteiger partial charge in [-0.3, -0.25) is 13.9 Å². The second-order valence-corrected chi connectivity index (χ2v) is 12.6. The van der Waals surface area contributed by atoms with E-state index in [4.69, 9.17) is 23.2 Å². The maximum atomic E-state index is 14.0. The Hall–Kier alpha value is -3.28. The molecular formula is C29H30Cl2F3N3O4S. The Morgan fingerprint density at radius 3 is 2.12 bits per heavy atom. The molecule has 3 aromatic carbocycles. The van der Waals surface area contributed by atoms with Gasteiger partial charge in [0.1, 0.15) is 12.6 Å². The molecule has 1 atom stereocenters. The number of hydrogen-bond donors (Lipinski definition) is 1. The molecular weight excluding hydrogens is 614 g/mol. The zero-order valence-corrected chi connectivity index (χ0v) is 25.4. The predicted octanol–water partition coefficient (Wildman–Crippen LogP) is 5.94. The van der Waals surface area contributed by atoms with Crippen LogP contribution in [-0.4, -0.2) is 50.0 Å². The predicted molar refractivity (Wildman–Crippen MR) is 158 cm³/mol. The molecule has 0 aliphatic carbocycles. The number of benzene rings is 3. The number of carbonyl (C=O) groups is 2. The molecule has 2 amide bonds. The van der Waals surface area contributed by atoms with Crippen LogP contribution in [-0.2, 0) is 38.8 Å². The molecule has 0 saturated heterocycles. The second-order valence-electron chi connectivity index (χ2n) is 9.91. The summed E-state index contributed by atoms with van der Waals surface area (Å²) < 4.78 is 67.0. The largest absolute Gasteiger partial charge is 0.417 e. The van der Waals surface area contributed by atoms with Gasteiger partial charge in [0.15, 0.2) is 0 Å². The molecule has 42 heavy (non-hydrogen) atoms. The van der Waals surface area contributed by atoms with Gasteiger partial charge in [-0.2, -0.15) is 13.2 Å². The summed E-state index contributed by atoms with van der Waals surface area (Å²) in [5.41, 5.74) is -0.453. The smallest absolute Gasteiger partial charge is 0.352 e. The Bertz CT molecular complexity index is 1520. The third kappa shape index (κ3) is 8.86. The van der Waals surface area contributed by atoms with Gasteiger partial charge < -0.3 is 10.2 Å². The van der Waals surface area contributed by atoms with Crippen molar-refractivity contribution in [2.24, 2.45) is 0 Å². The molecule has 0 aromatic heterocycles. The molecule has 0 aliphatic heterocycles. The first-order valence-corrected chi connectivity index (χ1v) is 15.4. The summed E-state index contributed by atoms with van der Waals surface area (Å²) in [4.78, 5) is 28.7. The van der Waals surface area contributed by atoms with Crippen molar-refractivity contribution in [2.45, 2.75) is 45.1 Å². The van der Waals surface area contributed by atoms with Gasteiger partial charge in [-0.25, -0.2) is 8.42 Å². The fourth-order valence-corrected chi connectivity index (χ4v) is 5.51. The first-order valence-electron chi connectivity index (χ1n) is 12.8. The number of anilines is 1. The number of rotatable bonds is 11. The van der Waals surface area contributed by atoms with E-state index in [-0.39, 0.29) is 19.0 Å². The maximum Gasteiger partial charge on any atom is 0.417 e. The minimum absolute atomic E-state index is 0.0770. The number of alkyl halides is 3. The Kier molecular flexibility index (Phi) is 10.9. The topological polar surface area (TPSA) is 86.8 Å². The number of sulfonamides is 1. The lowest BCUT2D eigenvalue weighted by Crippen LogP contribution is -2.54. The number of carbonyl (C=O) groups excluding carboxylic acids is 2. The van der Waals surface area contributed by atoms with Crippen molar-refractivity contribution < 1.29 is 31.2 Å². The van der Waals surface area contributed by atoms with Crippen LogP contribution >= 0.6 is 23.2 Å². The summed E-state index contributed by atoms with van der Waals surface area (Å²) in [6.45, 7) is 2.44. The van der Waals surface area contributed by atoms with Crippen molar-refractivity contribution in [3.05, 3.63) is 99.5 Å². The molecule has 0 saturated carbocycles. The van der Waals surface area contributed by atoms with Gasteiger partial charge >= 0.3 is 6.18 Å². The normalized spacial score (nSPS) is 12.6. The molecule has 1 N–H and O–H groups in total. The lowest BCUT2D eigenvalue weighted by molar-refractivity contribution is -0.140. The van der Waals surface area contributed by atoms with Gasteiger partial charge in [-0.1, -0.05) is 71.7 Å². The van der Waals surface area contributed by atoms with Gasteiger partial charge in [0.25, 0.3) is 0 Å².